The van der Waals surface area contributed by atoms with Crippen LogP contribution >= 0.6 is 0 Å². The summed E-state index contributed by atoms with van der Waals surface area (Å²) in [5, 5.41) is 0. The van der Waals surface area contributed by atoms with Gasteiger partial charge in [-0.15, -0.1) is 6.58 Å². The molecule has 3 atom stereocenters. The van der Waals surface area contributed by atoms with Crippen LogP contribution in [-0.2, 0) is 26.2 Å². The summed E-state index contributed by atoms with van der Waals surface area (Å²) in [7, 11) is 1.69. The number of unbranched alkanes of at least 4 members (excludes halogenated alkanes) is 2. The molecule has 2 aromatic carbocycles. The van der Waals surface area contributed by atoms with Crippen LogP contribution in [-0.4, -0.2) is 66.6 Å². The van der Waals surface area contributed by atoms with Crippen LogP contribution in [0.4, 0.5) is 0 Å². The highest BCUT2D eigenvalue weighted by atomic mass is 16.6. The summed E-state index contributed by atoms with van der Waals surface area (Å²) >= 11 is 0. The average molecular weight is 589 g/mol. The summed E-state index contributed by atoms with van der Waals surface area (Å²) in [4.78, 5) is 31.1. The van der Waals surface area contributed by atoms with Gasteiger partial charge in [0.2, 0.25) is 5.91 Å². The molecule has 6 heteroatoms. The van der Waals surface area contributed by atoms with Crippen LogP contribution in [0.2, 0.25) is 0 Å². The molecule has 1 saturated heterocycles. The standard InChI is InChI=1S/C37H52N2O4/c1-6-23-38-24-22-36(32-17-13-18-34(25-32)42-5)26-33(20-21-37(36,28-38)43-30(4)40)39(27-29(2)3)35(41)19-12-8-11-16-31-14-9-7-10-15-31/h6-7,9-10,13-15,17-18,25,29,33H,1,8,11-12,16,19-24,26-28H2,2-5H3. The second kappa shape index (κ2) is 15.1. The zero-order valence-electron chi connectivity index (χ0n) is 26.9. The number of hydrogen-bond acceptors (Lipinski definition) is 5. The van der Waals surface area contributed by atoms with Crippen LogP contribution in [0.1, 0.15) is 83.3 Å². The van der Waals surface area contributed by atoms with Gasteiger partial charge in [0.15, 0.2) is 0 Å². The molecular formula is C37H52N2O4. The fraction of sp³-hybridized carbons (Fsp3) is 0.568. The third-order valence-electron chi connectivity index (χ3n) is 9.54. The second-order valence-corrected chi connectivity index (χ2v) is 13.1. The largest absolute Gasteiger partial charge is 0.497 e. The number of piperidine rings is 1. The Kier molecular flexibility index (Phi) is 11.5. The smallest absolute Gasteiger partial charge is 0.303 e. The van der Waals surface area contributed by atoms with Crippen LogP contribution in [0.3, 0.4) is 0 Å². The molecule has 4 rings (SSSR count). The van der Waals surface area contributed by atoms with Crippen LogP contribution in [0.15, 0.2) is 67.3 Å². The Hall–Kier alpha value is -3.12. The number of fused-ring (bicyclic) bond motifs is 1. The Labute approximate surface area is 259 Å². The first kappa shape index (κ1) is 32.8. The number of benzene rings is 2. The highest BCUT2D eigenvalue weighted by molar-refractivity contribution is 5.76. The van der Waals surface area contributed by atoms with Gasteiger partial charge in [-0.3, -0.25) is 14.5 Å². The zero-order chi connectivity index (χ0) is 30.9. The molecule has 1 aliphatic carbocycles. The van der Waals surface area contributed by atoms with E-state index in [1.165, 1.54) is 12.5 Å². The number of hydrogen-bond donors (Lipinski definition) is 0. The number of methoxy groups -OCH3 is 1. The van der Waals surface area contributed by atoms with E-state index in [0.717, 1.165) is 75.9 Å². The SMILES string of the molecule is C=CCN1CCC2(c3cccc(OC)c3)CC(N(CC(C)C)C(=O)CCCCCc3ccccc3)CCC2(OC(C)=O)C1. The molecule has 234 valence electrons. The van der Waals surface area contributed by atoms with Gasteiger partial charge in [-0.25, -0.2) is 0 Å². The third kappa shape index (κ3) is 7.89. The molecule has 0 radical (unpaired) electrons. The van der Waals surface area contributed by atoms with E-state index >= 15 is 0 Å². The molecule has 43 heavy (non-hydrogen) atoms. The Morgan fingerprint density at radius 3 is 2.58 bits per heavy atom. The third-order valence-corrected chi connectivity index (χ3v) is 9.54. The predicted octanol–water partition coefficient (Wildman–Crippen LogP) is 6.97. The molecule has 1 amide bonds. The lowest BCUT2D eigenvalue weighted by Crippen LogP contribution is -2.68. The quantitative estimate of drug-likeness (QED) is 0.136. The highest BCUT2D eigenvalue weighted by Crippen LogP contribution is 2.55. The Morgan fingerprint density at radius 1 is 1.09 bits per heavy atom. The van der Waals surface area contributed by atoms with Crippen LogP contribution in [0, 0.1) is 5.92 Å². The second-order valence-electron chi connectivity index (χ2n) is 13.1. The molecule has 0 aromatic heterocycles. The molecule has 1 saturated carbocycles. The van der Waals surface area contributed by atoms with E-state index in [1.54, 1.807) is 7.11 Å². The first-order valence-corrected chi connectivity index (χ1v) is 16.2. The molecule has 0 N–H and O–H groups in total. The molecule has 0 spiro atoms. The maximum Gasteiger partial charge on any atom is 0.303 e. The van der Waals surface area contributed by atoms with Crippen molar-refractivity contribution in [2.45, 2.75) is 95.6 Å². The first-order chi connectivity index (χ1) is 20.7. The van der Waals surface area contributed by atoms with Gasteiger partial charge in [0.05, 0.1) is 7.11 Å². The Balaban J connectivity index is 1.58. The predicted molar refractivity (Wildman–Crippen MR) is 173 cm³/mol. The minimum atomic E-state index is -0.688. The highest BCUT2D eigenvalue weighted by Gasteiger charge is 2.61. The van der Waals surface area contributed by atoms with E-state index in [-0.39, 0.29) is 17.9 Å². The number of carbonyl (C=O) groups is 2. The van der Waals surface area contributed by atoms with Gasteiger partial charge in [0.25, 0.3) is 0 Å². The Morgan fingerprint density at radius 2 is 1.88 bits per heavy atom. The summed E-state index contributed by atoms with van der Waals surface area (Å²) in [5.74, 6) is 1.16. The lowest BCUT2D eigenvalue weighted by molar-refractivity contribution is -0.190. The van der Waals surface area contributed by atoms with Crippen molar-refractivity contribution < 1.29 is 19.1 Å². The lowest BCUT2D eigenvalue weighted by atomic mass is 9.54. The van der Waals surface area contributed by atoms with Crippen LogP contribution < -0.4 is 4.74 Å². The fourth-order valence-corrected chi connectivity index (χ4v) is 7.60. The topological polar surface area (TPSA) is 59.1 Å². The van der Waals surface area contributed by atoms with Gasteiger partial charge in [-0.2, -0.15) is 0 Å². The number of carbonyl (C=O) groups excluding carboxylic acids is 2. The zero-order valence-corrected chi connectivity index (χ0v) is 26.9. The van der Waals surface area contributed by atoms with E-state index in [9.17, 15) is 9.59 Å². The summed E-state index contributed by atoms with van der Waals surface area (Å²) in [6.07, 6.45) is 9.72. The summed E-state index contributed by atoms with van der Waals surface area (Å²) in [5.41, 5.74) is 1.37. The Bertz CT molecular complexity index is 1210. The van der Waals surface area contributed by atoms with E-state index in [1.807, 2.05) is 18.2 Å². The van der Waals surface area contributed by atoms with Gasteiger partial charge in [0.1, 0.15) is 11.4 Å². The van der Waals surface area contributed by atoms with Gasteiger partial charge in [0, 0.05) is 44.4 Å². The molecule has 0 bridgehead atoms. The first-order valence-electron chi connectivity index (χ1n) is 16.2. The molecule has 2 aromatic rings. The van der Waals surface area contributed by atoms with E-state index in [2.05, 4.69) is 72.7 Å². The number of esters is 1. The van der Waals surface area contributed by atoms with Gasteiger partial charge < -0.3 is 14.4 Å². The van der Waals surface area contributed by atoms with Crippen molar-refractivity contribution in [3.8, 4) is 5.75 Å². The van der Waals surface area contributed by atoms with Crippen molar-refractivity contribution in [3.63, 3.8) is 0 Å². The van der Waals surface area contributed by atoms with E-state index in [4.69, 9.17) is 9.47 Å². The van der Waals surface area contributed by atoms with Crippen molar-refractivity contribution in [2.24, 2.45) is 5.92 Å². The van der Waals surface area contributed by atoms with Crippen molar-refractivity contribution in [1.82, 2.24) is 9.80 Å². The van der Waals surface area contributed by atoms with Gasteiger partial charge in [-0.1, -0.05) is 68.8 Å². The number of ether oxygens (including phenoxy) is 2. The van der Waals surface area contributed by atoms with E-state index in [0.29, 0.717) is 25.3 Å². The molecule has 3 unspecified atom stereocenters. The van der Waals surface area contributed by atoms with Crippen molar-refractivity contribution in [2.75, 3.05) is 33.3 Å². The van der Waals surface area contributed by atoms with Crippen molar-refractivity contribution >= 4 is 11.9 Å². The minimum absolute atomic E-state index is 0.0834. The van der Waals surface area contributed by atoms with Gasteiger partial charge in [-0.05, 0) is 80.7 Å². The fourth-order valence-electron chi connectivity index (χ4n) is 7.60. The molecule has 6 nitrogen and oxygen atoms in total. The normalized spacial score (nSPS) is 23.8. The van der Waals surface area contributed by atoms with Crippen LogP contribution in [0.25, 0.3) is 0 Å². The van der Waals surface area contributed by atoms with Crippen molar-refractivity contribution in [1.29, 1.82) is 0 Å². The summed E-state index contributed by atoms with van der Waals surface area (Å²) in [6.45, 7) is 12.9. The average Bonchev–Trinajstić information content (AvgIpc) is 2.99. The molecule has 2 fully saturated rings. The number of likely N-dealkylation sites (tertiary alicyclic amines) is 1. The minimum Gasteiger partial charge on any atom is -0.497 e. The summed E-state index contributed by atoms with van der Waals surface area (Å²) < 4.78 is 12.1. The molecule has 1 heterocycles. The molecule has 2 aliphatic rings. The summed E-state index contributed by atoms with van der Waals surface area (Å²) in [6, 6.07) is 18.9. The number of nitrogens with zero attached hydrogens (tertiary/aromatic N) is 2. The number of amides is 1. The molecular weight excluding hydrogens is 536 g/mol. The van der Waals surface area contributed by atoms with Crippen molar-refractivity contribution in [3.05, 3.63) is 78.4 Å². The maximum atomic E-state index is 13.9. The number of rotatable bonds is 14. The van der Waals surface area contributed by atoms with E-state index < -0.39 is 11.0 Å². The van der Waals surface area contributed by atoms with Gasteiger partial charge >= 0.3 is 5.97 Å². The monoisotopic (exact) mass is 588 g/mol. The van der Waals surface area contributed by atoms with Crippen LogP contribution in [0.5, 0.6) is 5.75 Å². The lowest BCUT2D eigenvalue weighted by Gasteiger charge is -2.60. The molecule has 1 aliphatic heterocycles. The maximum absolute atomic E-state index is 13.9. The number of aryl methyl sites for hydroxylation is 1.